The molecule has 7 rings (SSSR count). The van der Waals surface area contributed by atoms with E-state index in [1.165, 1.54) is 23.9 Å². The zero-order valence-corrected chi connectivity index (χ0v) is 31.7. The molecule has 4 aromatic rings. The standard InChI is InChI=1S/C33H37Cl2N4O3S.CHF3O3S/c1-18-27(22-11-10-20(34)15-25(22)35)39-31(36-33(2,3)4)29-24-14-19-8-6-12-37-13-7-9-23(28(19)37)30(24)42-17-21(16-26(40)41-5)38(29)32(39)43-18;2-1(3,4)8(5,6)7/h10-11,14-15,21,36H,6-9,12-13,16-17H2,1-5H3;(H,5,6,7)/q+1;/p-1. The third-order valence-corrected chi connectivity index (χ3v) is 11.2. The van der Waals surface area contributed by atoms with Crippen molar-refractivity contribution >= 4 is 67.1 Å². The van der Waals surface area contributed by atoms with Crippen molar-refractivity contribution in [3.63, 3.8) is 0 Å². The lowest BCUT2D eigenvalue weighted by atomic mass is 9.88. The molecule has 17 heteroatoms. The molecule has 0 saturated carbocycles. The molecule has 2 aromatic carbocycles. The molecule has 10 nitrogen and oxygen atoms in total. The Hall–Kier alpha value is -3.24. The molecule has 1 N–H and O–H groups in total. The largest absolute Gasteiger partial charge is 0.741 e. The molecule has 276 valence electrons. The van der Waals surface area contributed by atoms with Crippen LogP contribution >= 0.6 is 34.5 Å². The van der Waals surface area contributed by atoms with Gasteiger partial charge in [-0.1, -0.05) is 34.5 Å². The molecule has 0 radical (unpaired) electrons. The smallest absolute Gasteiger partial charge is 0.485 e. The first-order valence-electron chi connectivity index (χ1n) is 16.3. The zero-order valence-electron chi connectivity index (χ0n) is 28.5. The van der Waals surface area contributed by atoms with Crippen molar-refractivity contribution in [3.8, 4) is 28.3 Å². The molecular formula is C34H37Cl2F3N4O6S2. The van der Waals surface area contributed by atoms with Crippen molar-refractivity contribution < 1.29 is 45.0 Å². The highest BCUT2D eigenvalue weighted by Crippen LogP contribution is 2.50. The fourth-order valence-corrected chi connectivity index (χ4v) is 8.76. The summed E-state index contributed by atoms with van der Waals surface area (Å²) in [5.41, 5.74) is 2.19. The lowest BCUT2D eigenvalue weighted by molar-refractivity contribution is -0.684. The molecule has 3 aliphatic rings. The Labute approximate surface area is 307 Å². The van der Waals surface area contributed by atoms with Crippen LogP contribution in [0.5, 0.6) is 5.75 Å². The normalized spacial score (nSPS) is 17.0. The third kappa shape index (κ3) is 7.11. The molecule has 0 aliphatic carbocycles. The number of thiazole rings is 1. The van der Waals surface area contributed by atoms with E-state index in [9.17, 15) is 18.0 Å². The van der Waals surface area contributed by atoms with Gasteiger partial charge in [-0.25, -0.2) is 13.0 Å². The summed E-state index contributed by atoms with van der Waals surface area (Å²) in [6, 6.07) is 7.77. The van der Waals surface area contributed by atoms with E-state index in [0.717, 1.165) is 82.7 Å². The van der Waals surface area contributed by atoms with Crippen molar-refractivity contribution in [1.29, 1.82) is 0 Å². The van der Waals surface area contributed by atoms with Gasteiger partial charge >= 0.3 is 16.4 Å². The number of aryl methyl sites for hydroxylation is 2. The molecular weight excluding hydrogens is 752 g/mol. The van der Waals surface area contributed by atoms with Gasteiger partial charge in [0.25, 0.3) is 0 Å². The van der Waals surface area contributed by atoms with Crippen molar-refractivity contribution in [1.82, 2.24) is 4.40 Å². The Morgan fingerprint density at radius 2 is 1.80 bits per heavy atom. The minimum atomic E-state index is -6.09. The summed E-state index contributed by atoms with van der Waals surface area (Å²) in [4.78, 5) is 17.5. The van der Waals surface area contributed by atoms with Gasteiger partial charge in [0.15, 0.2) is 15.8 Å². The number of methoxy groups -OCH3 is 1. The van der Waals surface area contributed by atoms with Crippen molar-refractivity contribution in [3.05, 3.63) is 50.3 Å². The highest BCUT2D eigenvalue weighted by molar-refractivity contribution is 7.86. The van der Waals surface area contributed by atoms with Crippen LogP contribution in [-0.2, 0) is 32.5 Å². The van der Waals surface area contributed by atoms with E-state index in [1.807, 2.05) is 12.1 Å². The van der Waals surface area contributed by atoms with Crippen molar-refractivity contribution in [2.75, 3.05) is 37.0 Å². The van der Waals surface area contributed by atoms with E-state index in [2.05, 4.69) is 52.9 Å². The number of esters is 1. The lowest BCUT2D eigenvalue weighted by Crippen LogP contribution is -2.43. The second kappa shape index (κ2) is 13.6. The van der Waals surface area contributed by atoms with Crippen LogP contribution in [0, 0.1) is 6.92 Å². The Morgan fingerprint density at radius 1 is 1.14 bits per heavy atom. The van der Waals surface area contributed by atoms with Crippen LogP contribution in [0.1, 0.15) is 62.1 Å². The molecule has 0 amide bonds. The van der Waals surface area contributed by atoms with Gasteiger partial charge in [0.1, 0.15) is 18.4 Å². The number of aromatic nitrogens is 2. The fourth-order valence-electron chi connectivity index (χ4n) is 7.07. The number of ether oxygens (including phenoxy) is 2. The summed E-state index contributed by atoms with van der Waals surface area (Å²) >= 11 is 14.9. The highest BCUT2D eigenvalue weighted by atomic mass is 35.5. The van der Waals surface area contributed by atoms with Crippen LogP contribution in [0.15, 0.2) is 24.3 Å². The molecule has 3 aliphatic heterocycles. The Kier molecular flexibility index (Phi) is 10.0. The number of nitrogens with one attached hydrogen (secondary N) is 1. The van der Waals surface area contributed by atoms with Crippen LogP contribution in [-0.4, -0.2) is 61.2 Å². The van der Waals surface area contributed by atoms with E-state index < -0.39 is 15.6 Å². The highest BCUT2D eigenvalue weighted by Gasteiger charge is 2.44. The number of hydrogen-bond acceptors (Lipinski definition) is 9. The molecule has 1 unspecified atom stereocenters. The predicted molar refractivity (Wildman–Crippen MR) is 190 cm³/mol. The average Bonchev–Trinajstić information content (AvgIpc) is 3.44. The number of rotatable bonds is 4. The summed E-state index contributed by atoms with van der Waals surface area (Å²) in [5, 5.41) is 5.08. The number of alkyl halides is 3. The Balaban J connectivity index is 0.000000503. The third-order valence-electron chi connectivity index (χ3n) is 8.99. The molecule has 5 heterocycles. The summed E-state index contributed by atoms with van der Waals surface area (Å²) in [7, 11) is -4.64. The maximum Gasteiger partial charge on any atom is 0.485 e. The average molecular weight is 790 g/mol. The molecule has 0 saturated heterocycles. The molecule has 2 aromatic heterocycles. The van der Waals surface area contributed by atoms with E-state index in [0.29, 0.717) is 16.7 Å². The summed E-state index contributed by atoms with van der Waals surface area (Å²) < 4.78 is 75.5. The summed E-state index contributed by atoms with van der Waals surface area (Å²) in [5.74, 6) is 1.65. The topological polar surface area (TPSA) is 116 Å². The number of nitrogens with zero attached hydrogens (tertiary/aromatic N) is 3. The van der Waals surface area contributed by atoms with E-state index in [-0.39, 0.29) is 24.0 Å². The fraction of sp³-hybridized carbons (Fsp3) is 0.471. The van der Waals surface area contributed by atoms with Crippen LogP contribution in [0.25, 0.3) is 27.5 Å². The molecule has 51 heavy (non-hydrogen) atoms. The van der Waals surface area contributed by atoms with Gasteiger partial charge in [-0.15, -0.1) is 0 Å². The number of benzene rings is 2. The van der Waals surface area contributed by atoms with E-state index in [4.69, 9.17) is 45.6 Å². The number of carbonyl (C=O) groups is 1. The van der Waals surface area contributed by atoms with Crippen LogP contribution < -0.4 is 19.5 Å². The number of fused-ring (bicyclic) bond motifs is 6. The Morgan fingerprint density at radius 3 is 2.41 bits per heavy atom. The number of imidazole rings is 1. The number of halogens is 5. The minimum absolute atomic E-state index is 0.200. The minimum Gasteiger partial charge on any atom is -0.741 e. The molecule has 1 atom stereocenters. The number of anilines is 2. The van der Waals surface area contributed by atoms with Gasteiger partial charge in [0, 0.05) is 40.5 Å². The molecule has 0 spiro atoms. The second-order valence-electron chi connectivity index (χ2n) is 13.8. The quantitative estimate of drug-likeness (QED) is 0.0969. The first-order valence-corrected chi connectivity index (χ1v) is 19.3. The first kappa shape index (κ1) is 37.5. The van der Waals surface area contributed by atoms with Gasteiger partial charge in [0.05, 0.1) is 29.0 Å². The van der Waals surface area contributed by atoms with Gasteiger partial charge in [0.2, 0.25) is 11.5 Å². The number of hydrogen-bond donors (Lipinski definition) is 1. The maximum atomic E-state index is 12.9. The summed E-state index contributed by atoms with van der Waals surface area (Å²) in [6.07, 6.45) is 4.49. The van der Waals surface area contributed by atoms with E-state index >= 15 is 0 Å². The lowest BCUT2D eigenvalue weighted by Gasteiger charge is -2.38. The summed E-state index contributed by atoms with van der Waals surface area (Å²) in [6.45, 7) is 11.2. The second-order valence-corrected chi connectivity index (χ2v) is 17.2. The maximum absolute atomic E-state index is 12.9. The van der Waals surface area contributed by atoms with Crippen LogP contribution in [0.4, 0.5) is 24.7 Å². The van der Waals surface area contributed by atoms with Crippen LogP contribution in [0.3, 0.4) is 0 Å². The number of carbonyl (C=O) groups excluding carboxylic acids is 1. The van der Waals surface area contributed by atoms with Crippen LogP contribution in [0.2, 0.25) is 10.0 Å². The molecule has 0 bridgehead atoms. The predicted octanol–water partition coefficient (Wildman–Crippen LogP) is 7.69. The molecule has 0 fully saturated rings. The van der Waals surface area contributed by atoms with Crippen molar-refractivity contribution in [2.24, 2.45) is 0 Å². The van der Waals surface area contributed by atoms with Gasteiger partial charge in [-0.05, 0) is 83.2 Å². The van der Waals surface area contributed by atoms with Gasteiger partial charge < -0.3 is 24.2 Å². The van der Waals surface area contributed by atoms with Crippen molar-refractivity contribution in [2.45, 2.75) is 76.9 Å². The van der Waals surface area contributed by atoms with E-state index in [1.54, 1.807) is 17.4 Å². The SMILES string of the molecule is COC(=O)CC1COc2c(cc3c4c2CCCN4CCC3)-c2c(NC(C)(C)C)n3c(-c4ccc(Cl)cc4Cl)c(C)sc3[n+]21.O=S(=O)([O-])C(F)(F)F. The first-order chi connectivity index (χ1) is 23.8. The zero-order chi connectivity index (χ0) is 37.2. The van der Waals surface area contributed by atoms with Gasteiger partial charge in [-0.3, -0.25) is 4.79 Å². The monoisotopic (exact) mass is 788 g/mol. The van der Waals surface area contributed by atoms with Gasteiger partial charge in [-0.2, -0.15) is 17.6 Å². The Bertz CT molecular complexity index is 2140.